The third-order valence-corrected chi connectivity index (χ3v) is 2.99. The van der Waals surface area contributed by atoms with Crippen LogP contribution in [0.1, 0.15) is 21.8 Å². The molecule has 0 aliphatic rings. The SMILES string of the molecule is Cc1noc(C)c1C(=O)NNc1c(Cl)cncc1Cl. The second kappa shape index (κ2) is 5.46. The molecule has 0 bridgehead atoms. The number of nitrogens with one attached hydrogen (secondary N) is 2. The summed E-state index contributed by atoms with van der Waals surface area (Å²) in [6.07, 6.45) is 2.83. The zero-order valence-electron chi connectivity index (χ0n) is 10.1. The van der Waals surface area contributed by atoms with Crippen molar-refractivity contribution in [3.8, 4) is 0 Å². The number of hydrazine groups is 1. The number of aryl methyl sites for hydroxylation is 2. The predicted octanol–water partition coefficient (Wildman–Crippen LogP) is 2.75. The normalized spacial score (nSPS) is 10.3. The summed E-state index contributed by atoms with van der Waals surface area (Å²) in [5.41, 5.74) is 6.38. The molecule has 0 aliphatic carbocycles. The molecule has 2 aromatic rings. The van der Waals surface area contributed by atoms with E-state index in [4.69, 9.17) is 27.7 Å². The molecule has 2 heterocycles. The molecule has 0 radical (unpaired) electrons. The fourth-order valence-electron chi connectivity index (χ4n) is 1.52. The Morgan fingerprint density at radius 1 is 1.26 bits per heavy atom. The minimum absolute atomic E-state index is 0.298. The van der Waals surface area contributed by atoms with Crippen molar-refractivity contribution in [3.05, 3.63) is 39.5 Å². The van der Waals surface area contributed by atoms with Crippen LogP contribution in [0, 0.1) is 13.8 Å². The monoisotopic (exact) mass is 300 g/mol. The molecule has 6 nitrogen and oxygen atoms in total. The predicted molar refractivity (Wildman–Crippen MR) is 71.3 cm³/mol. The van der Waals surface area contributed by atoms with E-state index in [1.807, 2.05) is 0 Å². The molecule has 2 aromatic heterocycles. The number of anilines is 1. The van der Waals surface area contributed by atoms with Gasteiger partial charge >= 0.3 is 0 Å². The Morgan fingerprint density at radius 3 is 2.42 bits per heavy atom. The quantitative estimate of drug-likeness (QED) is 0.852. The van der Waals surface area contributed by atoms with Gasteiger partial charge < -0.3 is 4.52 Å². The smallest absolute Gasteiger partial charge is 0.275 e. The van der Waals surface area contributed by atoms with Crippen molar-refractivity contribution in [1.82, 2.24) is 15.6 Å². The number of amides is 1. The van der Waals surface area contributed by atoms with E-state index in [1.54, 1.807) is 13.8 Å². The molecule has 100 valence electrons. The molecule has 0 saturated carbocycles. The second-order valence-electron chi connectivity index (χ2n) is 3.76. The molecular weight excluding hydrogens is 291 g/mol. The van der Waals surface area contributed by atoms with Gasteiger partial charge in [-0.2, -0.15) is 0 Å². The van der Waals surface area contributed by atoms with Crippen LogP contribution in [0.2, 0.25) is 10.0 Å². The van der Waals surface area contributed by atoms with Crippen molar-refractivity contribution in [1.29, 1.82) is 0 Å². The van der Waals surface area contributed by atoms with E-state index in [2.05, 4.69) is 21.0 Å². The standard InChI is InChI=1S/C11H10Cl2N4O2/c1-5-9(6(2)19-17-5)11(18)16-15-10-7(12)3-14-4-8(10)13/h3-4H,1-2H3,(H,14,15)(H,16,18). The molecule has 0 fully saturated rings. The number of hydrogen-bond donors (Lipinski definition) is 2. The number of halogens is 2. The number of carbonyl (C=O) groups excluding carboxylic acids is 1. The maximum atomic E-state index is 12.0. The first kappa shape index (κ1) is 13.6. The molecule has 0 atom stereocenters. The van der Waals surface area contributed by atoms with Crippen LogP contribution in [0.15, 0.2) is 16.9 Å². The van der Waals surface area contributed by atoms with Gasteiger partial charge in [-0.05, 0) is 13.8 Å². The maximum Gasteiger partial charge on any atom is 0.275 e. The molecule has 8 heteroatoms. The molecule has 0 saturated heterocycles. The van der Waals surface area contributed by atoms with E-state index in [0.29, 0.717) is 32.8 Å². The molecule has 2 rings (SSSR count). The summed E-state index contributed by atoms with van der Waals surface area (Å²) in [5.74, 6) is 0.0453. The van der Waals surface area contributed by atoms with Crippen LogP contribution in [-0.2, 0) is 0 Å². The molecule has 0 unspecified atom stereocenters. The van der Waals surface area contributed by atoms with Crippen LogP contribution in [-0.4, -0.2) is 16.0 Å². The fourth-order valence-corrected chi connectivity index (χ4v) is 1.98. The van der Waals surface area contributed by atoms with Crippen LogP contribution in [0.4, 0.5) is 5.69 Å². The zero-order chi connectivity index (χ0) is 14.0. The average Bonchev–Trinajstić information content (AvgIpc) is 2.68. The number of pyridine rings is 1. The van der Waals surface area contributed by atoms with E-state index < -0.39 is 0 Å². The van der Waals surface area contributed by atoms with Gasteiger partial charge in [-0.15, -0.1) is 0 Å². The van der Waals surface area contributed by atoms with Gasteiger partial charge in [0.05, 0.1) is 21.4 Å². The first-order valence-electron chi connectivity index (χ1n) is 5.29. The summed E-state index contributed by atoms with van der Waals surface area (Å²) in [4.78, 5) is 15.8. The Labute approximate surface area is 119 Å². The highest BCUT2D eigenvalue weighted by molar-refractivity contribution is 6.38. The summed E-state index contributed by atoms with van der Waals surface area (Å²) in [6, 6.07) is 0. The summed E-state index contributed by atoms with van der Waals surface area (Å²) in [6.45, 7) is 3.33. The molecular formula is C11H10Cl2N4O2. The van der Waals surface area contributed by atoms with Crippen LogP contribution in [0.5, 0.6) is 0 Å². The topological polar surface area (TPSA) is 80.0 Å². The van der Waals surface area contributed by atoms with Crippen LogP contribution >= 0.6 is 23.2 Å². The Balaban J connectivity index is 2.13. The molecule has 1 amide bonds. The van der Waals surface area contributed by atoms with Crippen molar-refractivity contribution in [2.45, 2.75) is 13.8 Å². The lowest BCUT2D eigenvalue weighted by atomic mass is 10.2. The van der Waals surface area contributed by atoms with Crippen LogP contribution in [0.25, 0.3) is 0 Å². The Morgan fingerprint density at radius 2 is 1.89 bits per heavy atom. The lowest BCUT2D eigenvalue weighted by Crippen LogP contribution is -2.30. The lowest BCUT2D eigenvalue weighted by molar-refractivity contribution is 0.0960. The Bertz CT molecular complexity index is 587. The Hall–Kier alpha value is -1.79. The molecule has 0 spiro atoms. The molecule has 19 heavy (non-hydrogen) atoms. The highest BCUT2D eigenvalue weighted by Crippen LogP contribution is 2.27. The fraction of sp³-hybridized carbons (Fsp3) is 0.182. The largest absolute Gasteiger partial charge is 0.361 e. The number of rotatable bonds is 3. The minimum atomic E-state index is -0.389. The van der Waals surface area contributed by atoms with Gasteiger partial charge in [-0.1, -0.05) is 28.4 Å². The Kier molecular flexibility index (Phi) is 3.92. The summed E-state index contributed by atoms with van der Waals surface area (Å²) >= 11 is 11.8. The zero-order valence-corrected chi connectivity index (χ0v) is 11.6. The summed E-state index contributed by atoms with van der Waals surface area (Å²) < 4.78 is 4.92. The third kappa shape index (κ3) is 2.80. The van der Waals surface area contributed by atoms with Gasteiger partial charge in [-0.25, -0.2) is 0 Å². The number of nitrogens with zero attached hydrogens (tertiary/aromatic N) is 2. The first-order chi connectivity index (χ1) is 9.00. The number of hydrogen-bond acceptors (Lipinski definition) is 5. The van der Waals surface area contributed by atoms with Crippen molar-refractivity contribution < 1.29 is 9.32 Å². The average molecular weight is 301 g/mol. The van der Waals surface area contributed by atoms with E-state index in [1.165, 1.54) is 12.4 Å². The lowest BCUT2D eigenvalue weighted by Gasteiger charge is -2.10. The molecule has 0 aromatic carbocycles. The van der Waals surface area contributed by atoms with Crippen molar-refractivity contribution in [3.63, 3.8) is 0 Å². The van der Waals surface area contributed by atoms with Gasteiger partial charge in [0.25, 0.3) is 5.91 Å². The van der Waals surface area contributed by atoms with Gasteiger partial charge in [-0.3, -0.25) is 20.6 Å². The van der Waals surface area contributed by atoms with E-state index >= 15 is 0 Å². The third-order valence-electron chi connectivity index (χ3n) is 2.41. The van der Waals surface area contributed by atoms with Crippen molar-refractivity contribution in [2.24, 2.45) is 0 Å². The van der Waals surface area contributed by atoms with Gasteiger partial charge in [0.1, 0.15) is 11.3 Å². The second-order valence-corrected chi connectivity index (χ2v) is 4.57. The van der Waals surface area contributed by atoms with Gasteiger partial charge in [0.15, 0.2) is 0 Å². The van der Waals surface area contributed by atoms with Crippen molar-refractivity contribution in [2.75, 3.05) is 5.43 Å². The van der Waals surface area contributed by atoms with Crippen molar-refractivity contribution >= 4 is 34.8 Å². The summed E-state index contributed by atoms with van der Waals surface area (Å²) in [7, 11) is 0. The number of aromatic nitrogens is 2. The molecule has 0 aliphatic heterocycles. The number of carbonyl (C=O) groups is 1. The van der Waals surface area contributed by atoms with Crippen LogP contribution in [0.3, 0.4) is 0 Å². The van der Waals surface area contributed by atoms with E-state index in [-0.39, 0.29) is 5.91 Å². The maximum absolute atomic E-state index is 12.0. The first-order valence-corrected chi connectivity index (χ1v) is 6.04. The van der Waals surface area contributed by atoms with E-state index in [0.717, 1.165) is 0 Å². The van der Waals surface area contributed by atoms with Gasteiger partial charge in [0.2, 0.25) is 0 Å². The summed E-state index contributed by atoms with van der Waals surface area (Å²) in [5, 5.41) is 4.30. The minimum Gasteiger partial charge on any atom is -0.361 e. The highest BCUT2D eigenvalue weighted by atomic mass is 35.5. The molecule has 2 N–H and O–H groups in total. The van der Waals surface area contributed by atoms with E-state index in [9.17, 15) is 4.79 Å². The van der Waals surface area contributed by atoms with Crippen LogP contribution < -0.4 is 10.9 Å². The van der Waals surface area contributed by atoms with Gasteiger partial charge in [0, 0.05) is 12.4 Å². The highest BCUT2D eigenvalue weighted by Gasteiger charge is 2.17.